The van der Waals surface area contributed by atoms with Crippen LogP contribution < -0.4 is 16.0 Å². The van der Waals surface area contributed by atoms with Crippen molar-refractivity contribution in [1.82, 2.24) is 19.6 Å². The molecule has 0 bridgehead atoms. The number of esters is 1. The third-order valence-electron chi connectivity index (χ3n) is 11.8. The minimum atomic E-state index is -4.81. The number of hydrogen-bond donors (Lipinski definition) is 2. The first-order valence-electron chi connectivity index (χ1n) is 20.7. The molecule has 4 heterocycles. The lowest BCUT2D eigenvalue weighted by molar-refractivity contribution is -0.141. The molecule has 3 fully saturated rings. The van der Waals surface area contributed by atoms with Gasteiger partial charge in [-0.3, -0.25) is 9.69 Å². The summed E-state index contributed by atoms with van der Waals surface area (Å²) in [6, 6.07) is 16.4. The summed E-state index contributed by atoms with van der Waals surface area (Å²) in [5.41, 5.74) is 7.00. The third kappa shape index (κ3) is 11.0. The molecule has 3 N–H and O–H groups in total. The zero-order valence-corrected chi connectivity index (χ0v) is 34.6. The van der Waals surface area contributed by atoms with E-state index in [0.29, 0.717) is 64.3 Å². The predicted molar refractivity (Wildman–Crippen MR) is 223 cm³/mol. The van der Waals surface area contributed by atoms with Gasteiger partial charge in [0.15, 0.2) is 6.10 Å². The van der Waals surface area contributed by atoms with Crippen LogP contribution in [-0.2, 0) is 38.0 Å². The number of likely N-dealkylation sites (tertiary alicyclic amines) is 1. The van der Waals surface area contributed by atoms with Crippen molar-refractivity contribution in [2.45, 2.75) is 50.4 Å². The summed E-state index contributed by atoms with van der Waals surface area (Å²) in [5.74, 6) is -0.966. The van der Waals surface area contributed by atoms with Gasteiger partial charge in [0.05, 0.1) is 41.7 Å². The van der Waals surface area contributed by atoms with Gasteiger partial charge in [0.1, 0.15) is 0 Å². The molecular formula is C43H51ClF3N7O7. The number of anilines is 3. The van der Waals surface area contributed by atoms with Crippen molar-refractivity contribution in [3.63, 3.8) is 0 Å². The summed E-state index contributed by atoms with van der Waals surface area (Å²) in [6.45, 7) is 6.62. The van der Waals surface area contributed by atoms with Gasteiger partial charge in [-0.15, -0.1) is 0 Å². The Morgan fingerprint density at radius 3 is 2.31 bits per heavy atom. The molecule has 0 aromatic heterocycles. The van der Waals surface area contributed by atoms with Gasteiger partial charge in [0.2, 0.25) is 0 Å². The molecule has 4 aliphatic rings. The molecule has 0 radical (unpaired) electrons. The summed E-state index contributed by atoms with van der Waals surface area (Å²) in [7, 11) is 0. The van der Waals surface area contributed by atoms with Crippen molar-refractivity contribution >= 4 is 52.7 Å². The van der Waals surface area contributed by atoms with Crippen LogP contribution in [0.5, 0.6) is 0 Å². The first kappa shape index (κ1) is 43.8. The van der Waals surface area contributed by atoms with Crippen molar-refractivity contribution in [2.24, 2.45) is 0 Å². The molecule has 0 unspecified atom stereocenters. The first-order valence-corrected chi connectivity index (χ1v) is 21.1. The van der Waals surface area contributed by atoms with Crippen LogP contribution in [0, 0.1) is 0 Å². The number of amides is 4. The van der Waals surface area contributed by atoms with Crippen molar-refractivity contribution in [1.29, 1.82) is 0 Å². The number of nitrogens with one attached hydrogen (secondary N) is 1. The largest absolute Gasteiger partial charge is 0.462 e. The molecule has 3 saturated heterocycles. The molecule has 4 aliphatic heterocycles. The fourth-order valence-electron chi connectivity index (χ4n) is 8.27. The van der Waals surface area contributed by atoms with Crippen molar-refractivity contribution in [3.8, 4) is 0 Å². The normalized spacial score (nSPS) is 18.5. The van der Waals surface area contributed by atoms with E-state index in [2.05, 4.69) is 10.2 Å². The highest BCUT2D eigenvalue weighted by molar-refractivity contribution is 6.33. The molecule has 328 valence electrons. The van der Waals surface area contributed by atoms with Gasteiger partial charge in [-0.25, -0.2) is 14.4 Å². The van der Waals surface area contributed by atoms with Crippen molar-refractivity contribution in [2.75, 3.05) is 101 Å². The van der Waals surface area contributed by atoms with E-state index in [0.717, 1.165) is 49.1 Å². The fourth-order valence-corrected chi connectivity index (χ4v) is 8.51. The standard InChI is InChI=1S/C43H51ClF3N7O7/c44-35-27-29(26-34(38(35)48)43(45,46)47)28-37(61-42(58)53-14-11-33(12-15-53)54-16-10-30-4-1-2-5-36(30)49-41(54)57)39(55)52-19-17-51(18-20-52)32-8-6-31(7-9-32)40(56)60-23-3-13-50-21-24-59-25-22-50/h1-2,4-9,26-27,33,37H,3,10-25,28,48H2,(H,49,57)/t37-/m1/s1. The van der Waals surface area contributed by atoms with E-state index in [1.54, 1.807) is 17.0 Å². The molecule has 18 heteroatoms. The fraction of sp³-hybridized carbons (Fsp3) is 0.488. The number of nitrogens with zero attached hydrogens (tertiary/aromatic N) is 5. The SMILES string of the molecule is Nc1c(Cl)cc(C[C@@H](OC(=O)N2CCC(N3CCc4ccccc4NC3=O)CC2)C(=O)N2CCN(c3ccc(C(=O)OCCCN4CCOCC4)cc3)CC2)cc1C(F)(F)F. The Morgan fingerprint density at radius 1 is 0.902 bits per heavy atom. The summed E-state index contributed by atoms with van der Waals surface area (Å²) in [4.78, 5) is 62.8. The number of hydrogen-bond acceptors (Lipinski definition) is 10. The topological polar surface area (TPSA) is 150 Å². The maximum absolute atomic E-state index is 14.2. The molecule has 0 saturated carbocycles. The number of piperazine rings is 1. The number of carbonyl (C=O) groups excluding carboxylic acids is 4. The number of nitrogen functional groups attached to an aromatic ring is 1. The highest BCUT2D eigenvalue weighted by Gasteiger charge is 2.38. The first-order chi connectivity index (χ1) is 29.3. The second-order valence-electron chi connectivity index (χ2n) is 15.7. The second kappa shape index (κ2) is 19.6. The van der Waals surface area contributed by atoms with Gasteiger partial charge in [0, 0.05) is 89.3 Å². The number of benzene rings is 3. The van der Waals surface area contributed by atoms with E-state index < -0.39 is 41.5 Å². The maximum Gasteiger partial charge on any atom is 0.418 e. The van der Waals surface area contributed by atoms with Crippen LogP contribution in [0.25, 0.3) is 0 Å². The lowest BCUT2D eigenvalue weighted by Crippen LogP contribution is -2.54. The number of carbonyl (C=O) groups is 4. The van der Waals surface area contributed by atoms with Crippen molar-refractivity contribution < 1.29 is 46.6 Å². The van der Waals surface area contributed by atoms with E-state index >= 15 is 0 Å². The Hall–Kier alpha value is -5.26. The number of urea groups is 1. The zero-order valence-electron chi connectivity index (χ0n) is 33.8. The molecule has 4 amide bonds. The Balaban J connectivity index is 0.960. The summed E-state index contributed by atoms with van der Waals surface area (Å²) in [5, 5.41) is 2.65. The smallest absolute Gasteiger partial charge is 0.418 e. The average Bonchev–Trinajstić information content (AvgIpc) is 3.43. The molecule has 3 aromatic rings. The summed E-state index contributed by atoms with van der Waals surface area (Å²) < 4.78 is 58.5. The van der Waals surface area contributed by atoms with E-state index in [1.807, 2.05) is 41.3 Å². The number of nitrogens with two attached hydrogens (primary N) is 1. The van der Waals surface area contributed by atoms with Crippen LogP contribution in [0.3, 0.4) is 0 Å². The minimum absolute atomic E-state index is 0.0268. The molecule has 0 spiro atoms. The van der Waals surface area contributed by atoms with E-state index in [9.17, 15) is 32.3 Å². The molecule has 0 aliphatic carbocycles. The van der Waals surface area contributed by atoms with Crippen LogP contribution in [0.1, 0.15) is 46.3 Å². The monoisotopic (exact) mass is 869 g/mol. The van der Waals surface area contributed by atoms with Gasteiger partial charge >= 0.3 is 24.3 Å². The molecule has 14 nitrogen and oxygen atoms in total. The Labute approximate surface area is 357 Å². The number of piperidine rings is 1. The van der Waals surface area contributed by atoms with E-state index in [-0.39, 0.29) is 55.3 Å². The number of halogens is 4. The number of fused-ring (bicyclic) bond motifs is 1. The minimum Gasteiger partial charge on any atom is -0.462 e. The highest BCUT2D eigenvalue weighted by Crippen LogP contribution is 2.38. The number of rotatable bonds is 11. The molecule has 7 rings (SSSR count). The van der Waals surface area contributed by atoms with Crippen LogP contribution in [0.4, 0.5) is 39.8 Å². The molecule has 1 atom stereocenters. The van der Waals surface area contributed by atoms with Gasteiger partial charge in [0.25, 0.3) is 5.91 Å². The Kier molecular flexibility index (Phi) is 14.1. The maximum atomic E-state index is 14.2. The Bertz CT molecular complexity index is 2040. The summed E-state index contributed by atoms with van der Waals surface area (Å²) >= 11 is 6.14. The van der Waals surface area contributed by atoms with Crippen LogP contribution in [-0.4, -0.2) is 141 Å². The van der Waals surface area contributed by atoms with Gasteiger partial charge in [-0.1, -0.05) is 29.8 Å². The lowest BCUT2D eigenvalue weighted by atomic mass is 10.0. The third-order valence-corrected chi connectivity index (χ3v) is 12.1. The van der Waals surface area contributed by atoms with Gasteiger partial charge in [-0.2, -0.15) is 13.2 Å². The summed E-state index contributed by atoms with van der Waals surface area (Å²) in [6.07, 6.45) is -5.08. The number of alkyl halides is 3. The van der Waals surface area contributed by atoms with Gasteiger partial charge < -0.3 is 44.9 Å². The van der Waals surface area contributed by atoms with Crippen LogP contribution in [0.2, 0.25) is 5.02 Å². The molecule has 3 aromatic carbocycles. The predicted octanol–water partition coefficient (Wildman–Crippen LogP) is 5.77. The number of ether oxygens (including phenoxy) is 3. The zero-order chi connectivity index (χ0) is 43.1. The quantitative estimate of drug-likeness (QED) is 0.138. The highest BCUT2D eigenvalue weighted by atomic mass is 35.5. The van der Waals surface area contributed by atoms with Crippen LogP contribution in [0.15, 0.2) is 60.7 Å². The second-order valence-corrected chi connectivity index (χ2v) is 16.1. The number of para-hydroxylation sites is 1. The van der Waals surface area contributed by atoms with E-state index in [4.69, 9.17) is 31.5 Å². The average molecular weight is 870 g/mol. The molecular weight excluding hydrogens is 819 g/mol. The number of morpholine rings is 1. The van der Waals surface area contributed by atoms with Crippen molar-refractivity contribution in [3.05, 3.63) is 87.9 Å². The lowest BCUT2D eigenvalue weighted by Gasteiger charge is -2.39. The Morgan fingerprint density at radius 2 is 1.61 bits per heavy atom. The van der Waals surface area contributed by atoms with Gasteiger partial charge in [-0.05, 0) is 79.3 Å². The van der Waals surface area contributed by atoms with E-state index in [1.165, 1.54) is 15.9 Å². The van der Waals surface area contributed by atoms with Crippen LogP contribution >= 0.6 is 11.6 Å². The molecule has 61 heavy (non-hydrogen) atoms.